The maximum atomic E-state index is 13.9. The highest BCUT2D eigenvalue weighted by Gasteiger charge is 2.32. The summed E-state index contributed by atoms with van der Waals surface area (Å²) in [6, 6.07) is 18.1. The van der Waals surface area contributed by atoms with Crippen molar-refractivity contribution in [3.05, 3.63) is 89.7 Å². The summed E-state index contributed by atoms with van der Waals surface area (Å²) in [4.78, 5) is 29.2. The SMILES string of the molecule is CCCCNC(=O)[C@H](C)N(Cc1ccc(F)cc1)C(=O)CN(c1ccc(C)cc1)S(=O)(=O)c1ccc(SC)cc1. The van der Waals surface area contributed by atoms with E-state index in [1.54, 1.807) is 55.5 Å². The van der Waals surface area contributed by atoms with E-state index in [2.05, 4.69) is 5.32 Å². The number of anilines is 1. The first-order chi connectivity index (χ1) is 19.1. The maximum Gasteiger partial charge on any atom is 0.264 e. The van der Waals surface area contributed by atoms with E-state index in [-0.39, 0.29) is 17.3 Å². The molecule has 0 radical (unpaired) electrons. The predicted molar refractivity (Wildman–Crippen MR) is 158 cm³/mol. The fourth-order valence-corrected chi connectivity index (χ4v) is 5.84. The molecule has 10 heteroatoms. The van der Waals surface area contributed by atoms with E-state index >= 15 is 0 Å². The molecule has 3 rings (SSSR count). The van der Waals surface area contributed by atoms with Gasteiger partial charge >= 0.3 is 0 Å². The van der Waals surface area contributed by atoms with Crippen molar-refractivity contribution in [3.8, 4) is 0 Å². The Hall–Kier alpha value is -3.37. The third-order valence-corrected chi connectivity index (χ3v) is 9.04. The van der Waals surface area contributed by atoms with Crippen molar-refractivity contribution >= 4 is 39.3 Å². The van der Waals surface area contributed by atoms with Crippen molar-refractivity contribution in [2.75, 3.05) is 23.7 Å². The molecule has 0 aliphatic rings. The van der Waals surface area contributed by atoms with Crippen LogP contribution in [-0.2, 0) is 26.2 Å². The van der Waals surface area contributed by atoms with E-state index in [0.29, 0.717) is 17.8 Å². The Balaban J connectivity index is 1.99. The number of thioether (sulfide) groups is 1. The molecule has 0 unspecified atom stereocenters. The molecule has 0 aromatic heterocycles. The molecule has 0 saturated heterocycles. The Kier molecular flexibility index (Phi) is 11.2. The van der Waals surface area contributed by atoms with E-state index in [1.807, 2.05) is 20.1 Å². The molecular weight excluding hydrogens is 549 g/mol. The summed E-state index contributed by atoms with van der Waals surface area (Å²) in [7, 11) is -4.14. The van der Waals surface area contributed by atoms with E-state index in [1.165, 1.54) is 40.9 Å². The summed E-state index contributed by atoms with van der Waals surface area (Å²) >= 11 is 1.49. The second-order valence-corrected chi connectivity index (χ2v) is 12.2. The minimum atomic E-state index is -4.14. The van der Waals surface area contributed by atoms with Gasteiger partial charge in [0.2, 0.25) is 11.8 Å². The van der Waals surface area contributed by atoms with Gasteiger partial charge in [-0.05, 0) is 80.6 Å². The number of nitrogens with one attached hydrogen (secondary N) is 1. The van der Waals surface area contributed by atoms with Crippen molar-refractivity contribution in [1.29, 1.82) is 0 Å². The number of benzene rings is 3. The highest BCUT2D eigenvalue weighted by atomic mass is 32.2. The van der Waals surface area contributed by atoms with Crippen LogP contribution < -0.4 is 9.62 Å². The lowest BCUT2D eigenvalue weighted by atomic mass is 10.1. The minimum Gasteiger partial charge on any atom is -0.354 e. The number of rotatable bonds is 13. The van der Waals surface area contributed by atoms with Crippen molar-refractivity contribution in [1.82, 2.24) is 10.2 Å². The zero-order chi connectivity index (χ0) is 29.3. The van der Waals surface area contributed by atoms with Crippen LogP contribution in [0.15, 0.2) is 82.6 Å². The number of unbranched alkanes of at least 4 members (excludes halogenated alkanes) is 1. The zero-order valence-electron chi connectivity index (χ0n) is 23.3. The molecule has 3 aromatic rings. The summed E-state index contributed by atoms with van der Waals surface area (Å²) in [6.07, 6.45) is 3.59. The molecule has 0 aliphatic heterocycles. The predicted octanol–water partition coefficient (Wildman–Crippen LogP) is 5.38. The largest absolute Gasteiger partial charge is 0.354 e. The first kappa shape index (κ1) is 31.2. The zero-order valence-corrected chi connectivity index (χ0v) is 24.9. The van der Waals surface area contributed by atoms with Crippen LogP contribution in [0.5, 0.6) is 0 Å². The Bertz CT molecular complexity index is 1380. The van der Waals surface area contributed by atoms with Crippen LogP contribution in [0.2, 0.25) is 0 Å². The van der Waals surface area contributed by atoms with Crippen LogP contribution >= 0.6 is 11.8 Å². The summed E-state index contributed by atoms with van der Waals surface area (Å²) < 4.78 is 42.4. The second kappa shape index (κ2) is 14.3. The number of hydrogen-bond acceptors (Lipinski definition) is 5. The Morgan fingerprint density at radius 3 is 2.17 bits per heavy atom. The fourth-order valence-electron chi connectivity index (χ4n) is 4.02. The lowest BCUT2D eigenvalue weighted by Gasteiger charge is -2.32. The van der Waals surface area contributed by atoms with Gasteiger partial charge in [0.25, 0.3) is 10.0 Å². The Labute approximate surface area is 240 Å². The number of nitrogens with zero attached hydrogens (tertiary/aromatic N) is 2. The normalized spacial score (nSPS) is 12.0. The molecule has 40 heavy (non-hydrogen) atoms. The highest BCUT2D eigenvalue weighted by Crippen LogP contribution is 2.26. The number of carbonyl (C=O) groups is 2. The molecule has 3 aromatic carbocycles. The van der Waals surface area contributed by atoms with Gasteiger partial charge in [-0.25, -0.2) is 12.8 Å². The molecule has 0 bridgehead atoms. The monoisotopic (exact) mass is 585 g/mol. The van der Waals surface area contributed by atoms with E-state index in [9.17, 15) is 22.4 Å². The number of aryl methyl sites for hydroxylation is 1. The van der Waals surface area contributed by atoms with Crippen LogP contribution in [0.4, 0.5) is 10.1 Å². The van der Waals surface area contributed by atoms with Gasteiger partial charge < -0.3 is 10.2 Å². The second-order valence-electron chi connectivity index (χ2n) is 9.49. The molecule has 7 nitrogen and oxygen atoms in total. The average Bonchev–Trinajstić information content (AvgIpc) is 2.95. The molecule has 214 valence electrons. The average molecular weight is 586 g/mol. The standard InChI is InChI=1S/C30H36FN3O4S2/c1-5-6-19-32-30(36)23(3)33(20-24-9-11-25(31)12-10-24)29(35)21-34(26-13-7-22(2)8-14-26)40(37,38)28-17-15-27(39-4)16-18-28/h7-18,23H,5-6,19-21H2,1-4H3,(H,32,36)/t23-/m0/s1. The molecule has 0 aliphatic carbocycles. The molecule has 1 N–H and O–H groups in total. The molecular formula is C30H36FN3O4S2. The van der Waals surface area contributed by atoms with Gasteiger partial charge in [-0.1, -0.05) is 43.2 Å². The van der Waals surface area contributed by atoms with Gasteiger partial charge in [0.05, 0.1) is 10.6 Å². The lowest BCUT2D eigenvalue weighted by Crippen LogP contribution is -2.51. The van der Waals surface area contributed by atoms with Gasteiger partial charge in [0, 0.05) is 18.0 Å². The van der Waals surface area contributed by atoms with Gasteiger partial charge in [-0.3, -0.25) is 13.9 Å². The number of amides is 2. The van der Waals surface area contributed by atoms with Crippen molar-refractivity contribution in [2.24, 2.45) is 0 Å². The number of carbonyl (C=O) groups excluding carboxylic acids is 2. The Morgan fingerprint density at radius 2 is 1.60 bits per heavy atom. The van der Waals surface area contributed by atoms with Crippen LogP contribution in [0.25, 0.3) is 0 Å². The van der Waals surface area contributed by atoms with Crippen LogP contribution in [-0.4, -0.2) is 50.5 Å². The third-order valence-electron chi connectivity index (χ3n) is 6.51. The lowest BCUT2D eigenvalue weighted by molar-refractivity contribution is -0.139. The third kappa shape index (κ3) is 8.08. The van der Waals surface area contributed by atoms with Gasteiger partial charge in [0.15, 0.2) is 0 Å². The number of sulfonamides is 1. The Morgan fingerprint density at radius 1 is 0.975 bits per heavy atom. The summed E-state index contributed by atoms with van der Waals surface area (Å²) in [5.41, 5.74) is 1.88. The molecule has 1 atom stereocenters. The smallest absolute Gasteiger partial charge is 0.264 e. The first-order valence-electron chi connectivity index (χ1n) is 13.1. The van der Waals surface area contributed by atoms with Gasteiger partial charge in [-0.2, -0.15) is 0 Å². The quantitative estimate of drug-likeness (QED) is 0.215. The highest BCUT2D eigenvalue weighted by molar-refractivity contribution is 7.98. The number of hydrogen-bond donors (Lipinski definition) is 1. The van der Waals surface area contributed by atoms with Crippen LogP contribution in [0.3, 0.4) is 0 Å². The molecule has 2 amide bonds. The van der Waals surface area contributed by atoms with E-state index < -0.39 is 34.3 Å². The summed E-state index contributed by atoms with van der Waals surface area (Å²) in [6.45, 7) is 5.45. The molecule has 0 saturated carbocycles. The molecule has 0 spiro atoms. The van der Waals surface area contributed by atoms with E-state index in [0.717, 1.165) is 27.6 Å². The van der Waals surface area contributed by atoms with E-state index in [4.69, 9.17) is 0 Å². The summed E-state index contributed by atoms with van der Waals surface area (Å²) in [5.74, 6) is -1.33. The molecule has 0 fully saturated rings. The molecule has 0 heterocycles. The van der Waals surface area contributed by atoms with Gasteiger partial charge in [0.1, 0.15) is 18.4 Å². The fraction of sp³-hybridized carbons (Fsp3) is 0.333. The topological polar surface area (TPSA) is 86.8 Å². The first-order valence-corrected chi connectivity index (χ1v) is 15.8. The van der Waals surface area contributed by atoms with Crippen LogP contribution in [0, 0.1) is 12.7 Å². The van der Waals surface area contributed by atoms with Crippen molar-refractivity contribution in [2.45, 2.75) is 56.0 Å². The minimum absolute atomic E-state index is 0.00564. The van der Waals surface area contributed by atoms with Gasteiger partial charge in [-0.15, -0.1) is 11.8 Å². The summed E-state index contributed by atoms with van der Waals surface area (Å²) in [5, 5.41) is 2.85. The maximum absolute atomic E-state index is 13.9. The van der Waals surface area contributed by atoms with Crippen molar-refractivity contribution < 1.29 is 22.4 Å². The number of halogens is 1. The van der Waals surface area contributed by atoms with Crippen LogP contribution in [0.1, 0.15) is 37.8 Å². The van der Waals surface area contributed by atoms with Crippen molar-refractivity contribution in [3.63, 3.8) is 0 Å².